The molecule has 0 bridgehead atoms. The van der Waals surface area contributed by atoms with Gasteiger partial charge in [-0.3, -0.25) is 9.69 Å². The number of carbonyl (C=O) groups excluding carboxylic acids is 1. The Kier molecular flexibility index (Phi) is 5.49. The van der Waals surface area contributed by atoms with E-state index in [1.54, 1.807) is 45.6 Å². The summed E-state index contributed by atoms with van der Waals surface area (Å²) in [5.74, 6) is 1.55. The van der Waals surface area contributed by atoms with E-state index in [0.29, 0.717) is 32.2 Å². The highest BCUT2D eigenvalue weighted by molar-refractivity contribution is 8.27. The molecule has 134 valence electrons. The molecule has 1 fully saturated rings. The number of rotatable bonds is 5. The molecule has 0 N–H and O–H groups in total. The lowest BCUT2D eigenvalue weighted by Gasteiger charge is -2.17. The topological polar surface area (TPSA) is 48.0 Å². The third kappa shape index (κ3) is 3.27. The van der Waals surface area contributed by atoms with Crippen LogP contribution in [0.3, 0.4) is 0 Å². The minimum absolute atomic E-state index is 0.200. The maximum Gasteiger partial charge on any atom is 0.270 e. The van der Waals surface area contributed by atoms with E-state index in [1.807, 2.05) is 24.3 Å². The second-order valence-electron chi connectivity index (χ2n) is 5.27. The number of nitrogens with zero attached hydrogens (tertiary/aromatic N) is 1. The highest BCUT2D eigenvalue weighted by Gasteiger charge is 2.35. The minimum Gasteiger partial charge on any atom is -0.495 e. The highest BCUT2D eigenvalue weighted by atomic mass is 32.2. The van der Waals surface area contributed by atoms with Crippen molar-refractivity contribution in [2.45, 2.75) is 0 Å². The van der Waals surface area contributed by atoms with Gasteiger partial charge < -0.3 is 14.2 Å². The lowest BCUT2D eigenvalue weighted by Crippen LogP contribution is -2.27. The van der Waals surface area contributed by atoms with Crippen LogP contribution in [-0.2, 0) is 4.79 Å². The smallest absolute Gasteiger partial charge is 0.270 e. The van der Waals surface area contributed by atoms with Gasteiger partial charge in [0.05, 0.1) is 31.9 Å². The Morgan fingerprint density at radius 2 is 1.65 bits per heavy atom. The summed E-state index contributed by atoms with van der Waals surface area (Å²) >= 11 is 6.67. The van der Waals surface area contributed by atoms with Crippen molar-refractivity contribution in [2.75, 3.05) is 26.2 Å². The molecule has 5 nitrogen and oxygen atoms in total. The van der Waals surface area contributed by atoms with E-state index in [2.05, 4.69) is 0 Å². The normalized spacial score (nSPS) is 15.5. The van der Waals surface area contributed by atoms with Crippen molar-refractivity contribution in [3.63, 3.8) is 0 Å². The van der Waals surface area contributed by atoms with E-state index in [-0.39, 0.29) is 5.91 Å². The van der Waals surface area contributed by atoms with Crippen molar-refractivity contribution in [1.29, 1.82) is 0 Å². The summed E-state index contributed by atoms with van der Waals surface area (Å²) in [5, 5.41) is 0. The summed E-state index contributed by atoms with van der Waals surface area (Å²) in [6.45, 7) is 0. The SMILES string of the molecule is COc1ccccc1N1C(=O)/C(=C\c2cccc(OC)c2OC)SC1=S. The number of anilines is 1. The molecule has 1 saturated heterocycles. The number of para-hydroxylation sites is 3. The lowest BCUT2D eigenvalue weighted by molar-refractivity contribution is -0.113. The second-order valence-corrected chi connectivity index (χ2v) is 6.95. The molecule has 0 aromatic heterocycles. The van der Waals surface area contributed by atoms with Crippen LogP contribution in [0.25, 0.3) is 6.08 Å². The Labute approximate surface area is 161 Å². The maximum atomic E-state index is 13.0. The van der Waals surface area contributed by atoms with Crippen LogP contribution in [-0.4, -0.2) is 31.6 Å². The zero-order valence-corrected chi connectivity index (χ0v) is 16.1. The molecule has 1 amide bonds. The fraction of sp³-hybridized carbons (Fsp3) is 0.158. The zero-order valence-electron chi connectivity index (χ0n) is 14.5. The number of thioether (sulfide) groups is 1. The van der Waals surface area contributed by atoms with Gasteiger partial charge in [0.15, 0.2) is 15.8 Å². The Hall–Kier alpha value is -2.51. The molecule has 0 spiro atoms. The number of thiocarbonyl (C=S) groups is 1. The maximum absolute atomic E-state index is 13.0. The van der Waals surface area contributed by atoms with Crippen molar-refractivity contribution < 1.29 is 19.0 Å². The summed E-state index contributed by atoms with van der Waals surface area (Å²) in [5.41, 5.74) is 1.37. The third-order valence-corrected chi connectivity index (χ3v) is 5.14. The van der Waals surface area contributed by atoms with Crippen LogP contribution < -0.4 is 19.1 Å². The Morgan fingerprint density at radius 1 is 0.962 bits per heavy atom. The predicted octanol–water partition coefficient (Wildman–Crippen LogP) is 4.12. The van der Waals surface area contributed by atoms with Crippen molar-refractivity contribution in [1.82, 2.24) is 0 Å². The van der Waals surface area contributed by atoms with Crippen LogP contribution in [0, 0.1) is 0 Å². The predicted molar refractivity (Wildman–Crippen MR) is 108 cm³/mol. The molecular weight excluding hydrogens is 370 g/mol. The molecule has 0 radical (unpaired) electrons. The van der Waals surface area contributed by atoms with Crippen LogP contribution in [0.4, 0.5) is 5.69 Å². The number of hydrogen-bond acceptors (Lipinski definition) is 6. The molecule has 2 aromatic carbocycles. The van der Waals surface area contributed by atoms with Gasteiger partial charge in [0.1, 0.15) is 5.75 Å². The molecule has 0 aliphatic carbocycles. The molecule has 3 rings (SSSR count). The number of ether oxygens (including phenoxy) is 3. The summed E-state index contributed by atoms with van der Waals surface area (Å²) in [7, 11) is 4.70. The van der Waals surface area contributed by atoms with E-state index < -0.39 is 0 Å². The molecule has 26 heavy (non-hydrogen) atoms. The monoisotopic (exact) mass is 387 g/mol. The molecule has 7 heteroatoms. The number of benzene rings is 2. The fourth-order valence-corrected chi connectivity index (χ4v) is 3.93. The zero-order chi connectivity index (χ0) is 18.7. The van der Waals surface area contributed by atoms with E-state index in [9.17, 15) is 4.79 Å². The summed E-state index contributed by atoms with van der Waals surface area (Å²) in [6.07, 6.45) is 1.76. The van der Waals surface area contributed by atoms with Crippen molar-refractivity contribution >= 4 is 46.0 Å². The van der Waals surface area contributed by atoms with Crippen LogP contribution >= 0.6 is 24.0 Å². The molecule has 0 saturated carbocycles. The number of carbonyl (C=O) groups is 1. The van der Waals surface area contributed by atoms with E-state index in [1.165, 1.54) is 16.7 Å². The van der Waals surface area contributed by atoms with Crippen LogP contribution in [0.2, 0.25) is 0 Å². The van der Waals surface area contributed by atoms with Gasteiger partial charge in [-0.2, -0.15) is 0 Å². The molecule has 1 aliphatic heterocycles. The van der Waals surface area contributed by atoms with E-state index >= 15 is 0 Å². The average Bonchev–Trinajstić information content (AvgIpc) is 2.94. The summed E-state index contributed by atoms with van der Waals surface area (Å²) in [6, 6.07) is 12.8. The van der Waals surface area contributed by atoms with Crippen molar-refractivity contribution in [3.8, 4) is 17.2 Å². The molecule has 1 heterocycles. The van der Waals surface area contributed by atoms with E-state index in [0.717, 1.165) is 5.56 Å². The first-order valence-corrected chi connectivity index (χ1v) is 8.95. The van der Waals surface area contributed by atoms with Gasteiger partial charge in [-0.05, 0) is 24.3 Å². The van der Waals surface area contributed by atoms with Crippen molar-refractivity contribution in [2.24, 2.45) is 0 Å². The first-order valence-electron chi connectivity index (χ1n) is 7.72. The average molecular weight is 387 g/mol. The molecular formula is C19H17NO4S2. The number of hydrogen-bond donors (Lipinski definition) is 0. The largest absolute Gasteiger partial charge is 0.495 e. The molecule has 0 unspecified atom stereocenters. The first kappa shape index (κ1) is 18.3. The van der Waals surface area contributed by atoms with Crippen LogP contribution in [0.15, 0.2) is 47.4 Å². The van der Waals surface area contributed by atoms with Gasteiger partial charge in [-0.25, -0.2) is 0 Å². The van der Waals surface area contributed by atoms with Gasteiger partial charge in [-0.15, -0.1) is 0 Å². The van der Waals surface area contributed by atoms with Crippen LogP contribution in [0.5, 0.6) is 17.2 Å². The van der Waals surface area contributed by atoms with E-state index in [4.69, 9.17) is 26.4 Å². The highest BCUT2D eigenvalue weighted by Crippen LogP contribution is 2.41. The second kappa shape index (κ2) is 7.80. The standard InChI is InChI=1S/C19H17NO4S2/c1-22-14-9-5-4-8-13(14)20-18(21)16(26-19(20)25)11-12-7-6-10-15(23-2)17(12)24-3/h4-11H,1-3H3/b16-11+. The first-order chi connectivity index (χ1) is 12.6. The molecule has 0 atom stereocenters. The molecule has 1 aliphatic rings. The number of methoxy groups -OCH3 is 3. The lowest BCUT2D eigenvalue weighted by atomic mass is 10.1. The van der Waals surface area contributed by atoms with Gasteiger partial charge in [0.25, 0.3) is 5.91 Å². The summed E-state index contributed by atoms with van der Waals surface area (Å²) < 4.78 is 16.5. The molecule has 2 aromatic rings. The third-order valence-electron chi connectivity index (χ3n) is 3.84. The van der Waals surface area contributed by atoms with Gasteiger partial charge in [0.2, 0.25) is 0 Å². The van der Waals surface area contributed by atoms with Crippen LogP contribution in [0.1, 0.15) is 5.56 Å². The fourth-order valence-electron chi connectivity index (χ4n) is 2.66. The van der Waals surface area contributed by atoms with Crippen molar-refractivity contribution in [3.05, 3.63) is 52.9 Å². The minimum atomic E-state index is -0.200. The van der Waals surface area contributed by atoms with Gasteiger partial charge in [-0.1, -0.05) is 48.2 Å². The Bertz CT molecular complexity index is 895. The van der Waals surface area contributed by atoms with Gasteiger partial charge >= 0.3 is 0 Å². The summed E-state index contributed by atoms with van der Waals surface area (Å²) in [4.78, 5) is 15.0. The number of amides is 1. The quantitative estimate of drug-likeness (QED) is 0.568. The Morgan fingerprint density at radius 3 is 2.35 bits per heavy atom. The van der Waals surface area contributed by atoms with Gasteiger partial charge in [0, 0.05) is 5.56 Å². The Balaban J connectivity index is 2.01.